The maximum atomic E-state index is 13.1. The predicted molar refractivity (Wildman–Crippen MR) is 119 cm³/mol. The molecule has 0 aromatic heterocycles. The third-order valence-electron chi connectivity index (χ3n) is 4.82. The Hall–Kier alpha value is -2.47. The summed E-state index contributed by atoms with van der Waals surface area (Å²) in [6.45, 7) is 3.07. The molecule has 2 aromatic rings. The molecule has 174 valence electrons. The van der Waals surface area contributed by atoms with Crippen molar-refractivity contribution in [1.82, 2.24) is 4.31 Å². The van der Waals surface area contributed by atoms with E-state index in [1.54, 1.807) is 25.1 Å². The zero-order valence-electron chi connectivity index (χ0n) is 17.7. The number of sulfone groups is 1. The van der Waals surface area contributed by atoms with E-state index in [9.17, 15) is 21.6 Å². The van der Waals surface area contributed by atoms with Gasteiger partial charge in [-0.15, -0.1) is 0 Å². The number of nitrogens with zero attached hydrogens (tertiary/aromatic N) is 1. The van der Waals surface area contributed by atoms with Crippen LogP contribution in [0.15, 0.2) is 58.3 Å². The van der Waals surface area contributed by atoms with E-state index in [2.05, 4.69) is 5.32 Å². The summed E-state index contributed by atoms with van der Waals surface area (Å²) >= 11 is 0. The van der Waals surface area contributed by atoms with Gasteiger partial charge in [-0.2, -0.15) is 4.31 Å². The Morgan fingerprint density at radius 2 is 1.75 bits per heavy atom. The smallest absolute Gasteiger partial charge is 0.246 e. The number of hydrogen-bond acceptors (Lipinski definition) is 7. The molecule has 0 unspecified atom stereocenters. The van der Waals surface area contributed by atoms with Crippen LogP contribution in [0.25, 0.3) is 0 Å². The summed E-state index contributed by atoms with van der Waals surface area (Å²) in [6.07, 6.45) is -0.268. The molecule has 3 rings (SSSR count). The number of ether oxygens (including phenoxy) is 2. The normalized spacial score (nSPS) is 15.3. The second kappa shape index (κ2) is 10.4. The maximum Gasteiger partial charge on any atom is 0.246 e. The van der Waals surface area contributed by atoms with Crippen LogP contribution in [0.2, 0.25) is 0 Å². The number of carbonyl (C=O) groups excluding carboxylic acids is 1. The number of nitrogens with one attached hydrogen (secondary N) is 1. The molecule has 1 aliphatic heterocycles. The molecule has 0 bridgehead atoms. The molecule has 1 aliphatic rings. The van der Waals surface area contributed by atoms with Crippen molar-refractivity contribution in [3.8, 4) is 5.75 Å². The van der Waals surface area contributed by atoms with Crippen molar-refractivity contribution in [2.45, 2.75) is 23.1 Å². The first-order valence-corrected chi connectivity index (χ1v) is 13.3. The lowest BCUT2D eigenvalue weighted by atomic mass is 10.3. The van der Waals surface area contributed by atoms with E-state index in [4.69, 9.17) is 9.47 Å². The minimum absolute atomic E-state index is 0.0593. The molecule has 0 radical (unpaired) electrons. The van der Waals surface area contributed by atoms with E-state index >= 15 is 0 Å². The van der Waals surface area contributed by atoms with Gasteiger partial charge in [-0.25, -0.2) is 16.8 Å². The van der Waals surface area contributed by atoms with Crippen LogP contribution in [0.4, 0.5) is 5.69 Å². The monoisotopic (exact) mass is 482 g/mol. The molecule has 1 saturated heterocycles. The number of morpholine rings is 1. The first kappa shape index (κ1) is 24.2. The highest BCUT2D eigenvalue weighted by Crippen LogP contribution is 2.30. The van der Waals surface area contributed by atoms with Crippen molar-refractivity contribution in [2.24, 2.45) is 0 Å². The van der Waals surface area contributed by atoms with Gasteiger partial charge in [0.2, 0.25) is 15.9 Å². The predicted octanol–water partition coefficient (Wildman–Crippen LogP) is 1.91. The molecule has 1 heterocycles. The summed E-state index contributed by atoms with van der Waals surface area (Å²) in [5, 5.41) is 2.58. The molecule has 0 spiro atoms. The van der Waals surface area contributed by atoms with Gasteiger partial charge < -0.3 is 14.8 Å². The van der Waals surface area contributed by atoms with Crippen molar-refractivity contribution < 1.29 is 31.1 Å². The topological polar surface area (TPSA) is 119 Å². The second-order valence-electron chi connectivity index (χ2n) is 7.04. The fourth-order valence-electron chi connectivity index (χ4n) is 3.18. The Balaban J connectivity index is 1.75. The molecular weight excluding hydrogens is 456 g/mol. The van der Waals surface area contributed by atoms with E-state index in [-0.39, 0.29) is 53.1 Å². The Kier molecular flexibility index (Phi) is 7.88. The molecule has 0 atom stereocenters. The van der Waals surface area contributed by atoms with Crippen LogP contribution >= 0.6 is 0 Å². The third kappa shape index (κ3) is 5.85. The summed E-state index contributed by atoms with van der Waals surface area (Å²) in [5.41, 5.74) is 0.238. The quantitative estimate of drug-likeness (QED) is 0.580. The molecule has 2 aromatic carbocycles. The second-order valence-corrected chi connectivity index (χ2v) is 11.1. The largest absolute Gasteiger partial charge is 0.492 e. The number of benzene rings is 2. The van der Waals surface area contributed by atoms with Gasteiger partial charge in [0, 0.05) is 25.2 Å². The molecule has 1 amide bonds. The summed E-state index contributed by atoms with van der Waals surface area (Å²) in [4.78, 5) is 12.5. The number of anilines is 1. The van der Waals surface area contributed by atoms with Gasteiger partial charge in [0.25, 0.3) is 0 Å². The Labute approximate surface area is 188 Å². The zero-order chi connectivity index (χ0) is 23.2. The molecular formula is C21H26N2O7S2. The van der Waals surface area contributed by atoms with Gasteiger partial charge >= 0.3 is 0 Å². The average molecular weight is 483 g/mol. The van der Waals surface area contributed by atoms with Crippen molar-refractivity contribution in [3.05, 3.63) is 48.5 Å². The maximum absolute atomic E-state index is 13.1. The van der Waals surface area contributed by atoms with Crippen LogP contribution in [-0.4, -0.2) is 65.7 Å². The van der Waals surface area contributed by atoms with Crippen LogP contribution in [0, 0.1) is 0 Å². The zero-order valence-corrected chi connectivity index (χ0v) is 19.3. The number of amides is 1. The van der Waals surface area contributed by atoms with Crippen LogP contribution < -0.4 is 10.1 Å². The van der Waals surface area contributed by atoms with Crippen molar-refractivity contribution in [3.63, 3.8) is 0 Å². The summed E-state index contributed by atoms with van der Waals surface area (Å²) in [6, 6.07) is 12.2. The number of rotatable bonds is 9. The molecule has 1 fully saturated rings. The van der Waals surface area contributed by atoms with Crippen LogP contribution in [-0.2, 0) is 29.4 Å². The van der Waals surface area contributed by atoms with Gasteiger partial charge in [0.05, 0.1) is 30.5 Å². The van der Waals surface area contributed by atoms with Gasteiger partial charge in [-0.3, -0.25) is 4.79 Å². The molecule has 11 heteroatoms. The first-order chi connectivity index (χ1) is 15.2. The molecule has 1 N–H and O–H groups in total. The molecule has 0 aliphatic carbocycles. The first-order valence-electron chi connectivity index (χ1n) is 10.2. The molecule has 0 saturated carbocycles. The summed E-state index contributed by atoms with van der Waals surface area (Å²) in [7, 11) is -7.47. The van der Waals surface area contributed by atoms with Gasteiger partial charge in [0.1, 0.15) is 10.6 Å². The third-order valence-corrected chi connectivity index (χ3v) is 8.47. The van der Waals surface area contributed by atoms with E-state index in [0.717, 1.165) is 0 Å². The lowest BCUT2D eigenvalue weighted by Gasteiger charge is -2.27. The number of sulfonamides is 1. The van der Waals surface area contributed by atoms with Crippen LogP contribution in [0.1, 0.15) is 13.3 Å². The van der Waals surface area contributed by atoms with Gasteiger partial charge in [-0.1, -0.05) is 18.2 Å². The van der Waals surface area contributed by atoms with Crippen molar-refractivity contribution in [2.75, 3.05) is 44.0 Å². The molecule has 9 nitrogen and oxygen atoms in total. The van der Waals surface area contributed by atoms with E-state index in [0.29, 0.717) is 13.2 Å². The van der Waals surface area contributed by atoms with Gasteiger partial charge in [-0.05, 0) is 37.3 Å². The Bertz CT molecular complexity index is 1140. The fourth-order valence-corrected chi connectivity index (χ4v) is 6.01. The SMILES string of the molecule is CCOc1ccc(NC(=O)CCS(=O)(=O)c2ccccc2)cc1S(=O)(=O)N1CCOCC1. The summed E-state index contributed by atoms with van der Waals surface area (Å²) in [5.74, 6) is -0.717. The van der Waals surface area contributed by atoms with Crippen molar-refractivity contribution in [1.29, 1.82) is 0 Å². The van der Waals surface area contributed by atoms with E-state index < -0.39 is 25.8 Å². The lowest BCUT2D eigenvalue weighted by molar-refractivity contribution is -0.115. The molecule has 32 heavy (non-hydrogen) atoms. The Morgan fingerprint density at radius 3 is 2.41 bits per heavy atom. The lowest BCUT2D eigenvalue weighted by Crippen LogP contribution is -2.40. The standard InChI is InChI=1S/C21H26N2O7S2/c1-2-30-19-9-8-17(16-20(19)32(27,28)23-11-13-29-14-12-23)22-21(24)10-15-31(25,26)18-6-4-3-5-7-18/h3-9,16H,2,10-15H2,1H3,(H,22,24). The van der Waals surface area contributed by atoms with Crippen LogP contribution in [0.5, 0.6) is 5.75 Å². The Morgan fingerprint density at radius 1 is 1.06 bits per heavy atom. The van der Waals surface area contributed by atoms with Gasteiger partial charge in [0.15, 0.2) is 9.84 Å². The highest BCUT2D eigenvalue weighted by Gasteiger charge is 2.30. The van der Waals surface area contributed by atoms with Crippen LogP contribution in [0.3, 0.4) is 0 Å². The average Bonchev–Trinajstić information content (AvgIpc) is 2.80. The highest BCUT2D eigenvalue weighted by atomic mass is 32.2. The fraction of sp³-hybridized carbons (Fsp3) is 0.381. The minimum atomic E-state index is -3.86. The summed E-state index contributed by atoms with van der Waals surface area (Å²) < 4.78 is 63.0. The van der Waals surface area contributed by atoms with Crippen molar-refractivity contribution >= 4 is 31.5 Å². The minimum Gasteiger partial charge on any atom is -0.492 e. The highest BCUT2D eigenvalue weighted by molar-refractivity contribution is 7.91. The van der Waals surface area contributed by atoms with E-state index in [1.165, 1.54) is 34.6 Å². The van der Waals surface area contributed by atoms with E-state index in [1.807, 2.05) is 0 Å². The number of carbonyl (C=O) groups is 1. The number of hydrogen-bond donors (Lipinski definition) is 1.